The molecule has 0 saturated carbocycles. The molecule has 0 aromatic heterocycles. The van der Waals surface area contributed by atoms with Crippen LogP contribution in [-0.2, 0) is 24.0 Å². The van der Waals surface area contributed by atoms with E-state index in [0.717, 1.165) is 0 Å². The summed E-state index contributed by atoms with van der Waals surface area (Å²) < 4.78 is 0. The molecule has 0 bridgehead atoms. The summed E-state index contributed by atoms with van der Waals surface area (Å²) in [6.45, 7) is 7.37. The number of carbonyl (C=O) groups excluding carboxylic acids is 3. The van der Waals surface area contributed by atoms with Gasteiger partial charge in [0.05, 0.1) is 12.5 Å². The minimum Gasteiger partial charge on any atom is -0.481 e. The first kappa shape index (κ1) is 30.7. The summed E-state index contributed by atoms with van der Waals surface area (Å²) in [5.74, 6) is -4.13. The molecule has 0 heterocycles. The quantitative estimate of drug-likeness (QED) is 0.175. The Balaban J connectivity index is 5.47. The zero-order valence-electron chi connectivity index (χ0n) is 19.9. The van der Waals surface area contributed by atoms with Gasteiger partial charge in [-0.2, -0.15) is 11.8 Å². The Labute approximate surface area is 199 Å². The number of thioether (sulfide) groups is 1. The van der Waals surface area contributed by atoms with Gasteiger partial charge >= 0.3 is 11.9 Å². The minimum absolute atomic E-state index is 0.0100. The van der Waals surface area contributed by atoms with Gasteiger partial charge in [0.2, 0.25) is 17.7 Å². The van der Waals surface area contributed by atoms with Crippen LogP contribution in [0.1, 0.15) is 53.4 Å². The molecular weight excluding hydrogens is 452 g/mol. The number of carboxylic acids is 2. The molecule has 0 spiro atoms. The second kappa shape index (κ2) is 15.5. The number of nitrogens with one attached hydrogen (secondary N) is 3. The molecule has 33 heavy (non-hydrogen) atoms. The molecule has 7 N–H and O–H groups in total. The number of rotatable bonds is 16. The first-order valence-corrected chi connectivity index (χ1v) is 12.3. The van der Waals surface area contributed by atoms with Gasteiger partial charge in [-0.05, 0) is 43.1 Å². The van der Waals surface area contributed by atoms with E-state index < -0.39 is 60.2 Å². The van der Waals surface area contributed by atoms with Gasteiger partial charge in [-0.1, -0.05) is 27.7 Å². The lowest BCUT2D eigenvalue weighted by molar-refractivity contribution is -0.143. The van der Waals surface area contributed by atoms with Crippen LogP contribution < -0.4 is 21.7 Å². The maximum Gasteiger partial charge on any atom is 0.326 e. The van der Waals surface area contributed by atoms with Crippen molar-refractivity contribution in [2.75, 3.05) is 12.0 Å². The third kappa shape index (κ3) is 13.1. The van der Waals surface area contributed by atoms with E-state index in [-0.39, 0.29) is 24.7 Å². The molecule has 0 fully saturated rings. The fraction of sp³-hybridized carbons (Fsp3) is 0.762. The Kier molecular flexibility index (Phi) is 14.4. The number of hydrogen-bond acceptors (Lipinski definition) is 7. The second-order valence-corrected chi connectivity index (χ2v) is 9.75. The van der Waals surface area contributed by atoms with E-state index in [1.807, 2.05) is 27.7 Å². The standard InChI is InChI=1S/C21H38N4O7S/c1-11(2)8-13(22)18(28)24-15(10-17(26)27)20(30)23-14(6-7-33-5)19(29)25-16(21(31)32)9-12(3)4/h11-16H,6-10,22H2,1-5H3,(H,23,30)(H,24,28)(H,25,29)(H,26,27)(H,31,32). The summed E-state index contributed by atoms with van der Waals surface area (Å²) in [4.78, 5) is 60.6. The fourth-order valence-corrected chi connectivity index (χ4v) is 3.49. The van der Waals surface area contributed by atoms with E-state index in [0.29, 0.717) is 12.2 Å². The molecule has 11 nitrogen and oxygen atoms in total. The van der Waals surface area contributed by atoms with Crippen molar-refractivity contribution in [1.82, 2.24) is 16.0 Å². The molecule has 0 radical (unpaired) electrons. The predicted molar refractivity (Wildman–Crippen MR) is 126 cm³/mol. The summed E-state index contributed by atoms with van der Waals surface area (Å²) >= 11 is 1.42. The number of hydrogen-bond donors (Lipinski definition) is 6. The summed E-state index contributed by atoms with van der Waals surface area (Å²) in [7, 11) is 0. The number of carbonyl (C=O) groups is 5. The molecule has 4 atom stereocenters. The first-order valence-electron chi connectivity index (χ1n) is 10.9. The number of aliphatic carboxylic acids is 2. The summed E-state index contributed by atoms with van der Waals surface area (Å²) in [6, 6.07) is -4.59. The van der Waals surface area contributed by atoms with E-state index in [9.17, 15) is 29.1 Å². The van der Waals surface area contributed by atoms with E-state index in [1.54, 1.807) is 6.26 Å². The van der Waals surface area contributed by atoms with Crippen LogP contribution >= 0.6 is 11.8 Å². The largest absolute Gasteiger partial charge is 0.481 e. The number of amides is 3. The zero-order chi connectivity index (χ0) is 25.7. The van der Waals surface area contributed by atoms with Gasteiger partial charge in [-0.25, -0.2) is 4.79 Å². The normalized spacial score (nSPS) is 14.8. The Morgan fingerprint density at radius 1 is 0.788 bits per heavy atom. The van der Waals surface area contributed by atoms with E-state index in [1.165, 1.54) is 11.8 Å². The van der Waals surface area contributed by atoms with E-state index in [2.05, 4.69) is 16.0 Å². The highest BCUT2D eigenvalue weighted by Crippen LogP contribution is 2.08. The van der Waals surface area contributed by atoms with Gasteiger partial charge in [-0.15, -0.1) is 0 Å². The molecule has 0 aromatic rings. The SMILES string of the molecule is CSCCC(NC(=O)C(CC(=O)O)NC(=O)C(N)CC(C)C)C(=O)NC(CC(C)C)C(=O)O. The summed E-state index contributed by atoms with van der Waals surface area (Å²) in [6.07, 6.45) is 1.84. The van der Waals surface area contributed by atoms with Gasteiger partial charge in [0.1, 0.15) is 18.1 Å². The third-order valence-corrected chi connectivity index (χ3v) is 5.28. The Hall–Kier alpha value is -2.34. The molecule has 0 aromatic carbocycles. The summed E-state index contributed by atoms with van der Waals surface area (Å²) in [5.41, 5.74) is 5.82. The van der Waals surface area contributed by atoms with Crippen LogP contribution in [0, 0.1) is 11.8 Å². The van der Waals surface area contributed by atoms with Crippen LogP contribution in [0.15, 0.2) is 0 Å². The maximum absolute atomic E-state index is 12.8. The number of nitrogens with two attached hydrogens (primary N) is 1. The highest BCUT2D eigenvalue weighted by atomic mass is 32.2. The monoisotopic (exact) mass is 490 g/mol. The van der Waals surface area contributed by atoms with Crippen molar-refractivity contribution in [3.63, 3.8) is 0 Å². The van der Waals surface area contributed by atoms with E-state index >= 15 is 0 Å². The molecular formula is C21H38N4O7S. The van der Waals surface area contributed by atoms with Gasteiger partial charge in [0, 0.05) is 0 Å². The minimum atomic E-state index is -1.44. The fourth-order valence-electron chi connectivity index (χ4n) is 3.02. The highest BCUT2D eigenvalue weighted by Gasteiger charge is 2.31. The van der Waals surface area contributed by atoms with Crippen LogP contribution in [0.4, 0.5) is 0 Å². The Morgan fingerprint density at radius 3 is 1.73 bits per heavy atom. The van der Waals surface area contributed by atoms with Crippen LogP contribution in [0.5, 0.6) is 0 Å². The number of carboxylic acid groups (broad SMARTS) is 2. The topological polar surface area (TPSA) is 188 Å². The zero-order valence-corrected chi connectivity index (χ0v) is 20.7. The first-order chi connectivity index (χ1) is 15.3. The van der Waals surface area contributed by atoms with Crippen molar-refractivity contribution in [3.8, 4) is 0 Å². The van der Waals surface area contributed by atoms with Crippen LogP contribution in [0.2, 0.25) is 0 Å². The molecule has 0 saturated heterocycles. The van der Waals surface area contributed by atoms with Gasteiger partial charge in [-0.3, -0.25) is 19.2 Å². The highest BCUT2D eigenvalue weighted by molar-refractivity contribution is 7.98. The van der Waals surface area contributed by atoms with Crippen molar-refractivity contribution in [2.24, 2.45) is 17.6 Å². The molecule has 4 unspecified atom stereocenters. The van der Waals surface area contributed by atoms with Crippen molar-refractivity contribution in [3.05, 3.63) is 0 Å². The van der Waals surface area contributed by atoms with Gasteiger partial charge in [0.25, 0.3) is 0 Å². The van der Waals surface area contributed by atoms with E-state index in [4.69, 9.17) is 10.8 Å². The average Bonchev–Trinajstić information content (AvgIpc) is 2.68. The summed E-state index contributed by atoms with van der Waals surface area (Å²) in [5, 5.41) is 25.8. The third-order valence-electron chi connectivity index (χ3n) is 4.64. The molecule has 3 amide bonds. The maximum atomic E-state index is 12.8. The average molecular weight is 491 g/mol. The molecule has 190 valence electrons. The Bertz CT molecular complexity index is 688. The van der Waals surface area contributed by atoms with Crippen LogP contribution in [0.25, 0.3) is 0 Å². The molecule has 0 aliphatic carbocycles. The smallest absolute Gasteiger partial charge is 0.326 e. The van der Waals surface area contributed by atoms with Crippen molar-refractivity contribution < 1.29 is 34.2 Å². The van der Waals surface area contributed by atoms with Gasteiger partial charge in [0.15, 0.2) is 0 Å². The van der Waals surface area contributed by atoms with Gasteiger partial charge < -0.3 is 31.9 Å². The van der Waals surface area contributed by atoms with Crippen LogP contribution in [0.3, 0.4) is 0 Å². The Morgan fingerprint density at radius 2 is 1.27 bits per heavy atom. The lowest BCUT2D eigenvalue weighted by Gasteiger charge is -2.25. The van der Waals surface area contributed by atoms with Crippen molar-refractivity contribution >= 4 is 41.4 Å². The van der Waals surface area contributed by atoms with Crippen molar-refractivity contribution in [1.29, 1.82) is 0 Å². The lowest BCUT2D eigenvalue weighted by atomic mass is 10.0. The molecule has 0 aliphatic rings. The lowest BCUT2D eigenvalue weighted by Crippen LogP contribution is -2.57. The van der Waals surface area contributed by atoms with Crippen molar-refractivity contribution in [2.45, 2.75) is 77.5 Å². The molecule has 0 rings (SSSR count). The van der Waals surface area contributed by atoms with Crippen LogP contribution in [-0.4, -0.2) is 76.0 Å². The second-order valence-electron chi connectivity index (χ2n) is 8.77. The molecule has 0 aliphatic heterocycles. The molecule has 12 heteroatoms. The predicted octanol–water partition coefficient (Wildman–Crippen LogP) is 0.173.